The summed E-state index contributed by atoms with van der Waals surface area (Å²) in [4.78, 5) is 30.4. The Kier molecular flexibility index (Phi) is 5.03. The van der Waals surface area contributed by atoms with E-state index in [0.717, 1.165) is 38.8 Å². The van der Waals surface area contributed by atoms with Crippen LogP contribution in [0.3, 0.4) is 0 Å². The van der Waals surface area contributed by atoms with Crippen molar-refractivity contribution in [3.8, 4) is 0 Å². The van der Waals surface area contributed by atoms with Crippen LogP contribution < -0.4 is 10.6 Å². The molecule has 146 valence electrons. The number of hydrogen-bond donors (Lipinski definition) is 2. The van der Waals surface area contributed by atoms with Gasteiger partial charge in [0.25, 0.3) is 5.91 Å². The molecule has 2 aromatic rings. The number of hydrogen-bond acceptors (Lipinski definition) is 3. The molecule has 6 nitrogen and oxygen atoms in total. The zero-order valence-corrected chi connectivity index (χ0v) is 16.2. The maximum Gasteiger partial charge on any atom is 0.323 e. The number of benzene rings is 1. The minimum absolute atomic E-state index is 0.146. The Labute approximate surface area is 165 Å². The third kappa shape index (κ3) is 3.72. The van der Waals surface area contributed by atoms with Gasteiger partial charge in [0, 0.05) is 31.9 Å². The minimum atomic E-state index is -0.199. The number of likely N-dealkylation sites (tertiary alicyclic amines) is 1. The molecule has 1 spiro atoms. The van der Waals surface area contributed by atoms with Crippen LogP contribution in [0.1, 0.15) is 40.7 Å². The van der Waals surface area contributed by atoms with E-state index in [1.165, 1.54) is 23.7 Å². The normalized spacial score (nSPS) is 17.7. The molecule has 2 aliphatic rings. The van der Waals surface area contributed by atoms with Crippen molar-refractivity contribution in [1.29, 1.82) is 0 Å². The molecule has 2 N–H and O–H groups in total. The van der Waals surface area contributed by atoms with Gasteiger partial charge < -0.3 is 10.2 Å². The zero-order valence-electron chi connectivity index (χ0n) is 16.2. The summed E-state index contributed by atoms with van der Waals surface area (Å²) in [5, 5.41) is 5.41. The van der Waals surface area contributed by atoms with Crippen LogP contribution in [0.25, 0.3) is 0 Å². The van der Waals surface area contributed by atoms with E-state index in [9.17, 15) is 9.59 Å². The first-order valence-corrected chi connectivity index (χ1v) is 9.89. The lowest BCUT2D eigenvalue weighted by atomic mass is 9.66. The molecule has 0 radical (unpaired) electrons. The Balaban J connectivity index is 1.37. The number of carbonyl (C=O) groups is 2. The summed E-state index contributed by atoms with van der Waals surface area (Å²) in [5.41, 5.74) is 3.76. The quantitative estimate of drug-likeness (QED) is 0.842. The second kappa shape index (κ2) is 7.62. The average Bonchev–Trinajstić information content (AvgIpc) is 2.73. The third-order valence-electron chi connectivity index (χ3n) is 6.20. The van der Waals surface area contributed by atoms with Crippen molar-refractivity contribution < 1.29 is 9.59 Å². The van der Waals surface area contributed by atoms with Gasteiger partial charge >= 0.3 is 6.03 Å². The van der Waals surface area contributed by atoms with E-state index in [4.69, 9.17) is 0 Å². The summed E-state index contributed by atoms with van der Waals surface area (Å²) in [6.45, 7) is 1.51. The Bertz CT molecular complexity index is 888. The van der Waals surface area contributed by atoms with Gasteiger partial charge in [-0.25, -0.2) is 9.78 Å². The fourth-order valence-corrected chi connectivity index (χ4v) is 4.45. The maximum absolute atomic E-state index is 12.7. The lowest BCUT2D eigenvalue weighted by Gasteiger charge is -2.44. The van der Waals surface area contributed by atoms with Crippen LogP contribution in [-0.4, -0.2) is 42.0 Å². The summed E-state index contributed by atoms with van der Waals surface area (Å²) >= 11 is 0. The summed E-state index contributed by atoms with van der Waals surface area (Å²) in [6, 6.07) is 11.8. The van der Waals surface area contributed by atoms with Gasteiger partial charge in [0.05, 0.1) is 0 Å². The minimum Gasteiger partial charge on any atom is -0.355 e. The predicted octanol–water partition coefficient (Wildman–Crippen LogP) is 3.24. The highest BCUT2D eigenvalue weighted by atomic mass is 16.2. The van der Waals surface area contributed by atoms with E-state index >= 15 is 0 Å². The summed E-state index contributed by atoms with van der Waals surface area (Å²) < 4.78 is 0. The van der Waals surface area contributed by atoms with E-state index in [0.29, 0.717) is 16.8 Å². The summed E-state index contributed by atoms with van der Waals surface area (Å²) in [6.07, 6.45) is 7.05. The molecule has 6 heteroatoms. The number of amides is 3. The van der Waals surface area contributed by atoms with Crippen molar-refractivity contribution in [1.82, 2.24) is 15.2 Å². The number of piperidine rings is 1. The Hall–Kier alpha value is -2.89. The Morgan fingerprint density at radius 2 is 1.82 bits per heavy atom. The van der Waals surface area contributed by atoms with E-state index in [-0.39, 0.29) is 11.9 Å². The highest BCUT2D eigenvalue weighted by Crippen LogP contribution is 2.43. The number of pyridine rings is 1. The second-order valence-electron chi connectivity index (χ2n) is 7.87. The Morgan fingerprint density at radius 3 is 2.57 bits per heavy atom. The highest BCUT2D eigenvalue weighted by molar-refractivity contribution is 5.96. The van der Waals surface area contributed by atoms with Gasteiger partial charge in [-0.1, -0.05) is 24.3 Å². The number of nitrogens with one attached hydrogen (secondary N) is 2. The van der Waals surface area contributed by atoms with Crippen molar-refractivity contribution in [2.45, 2.75) is 32.1 Å². The smallest absolute Gasteiger partial charge is 0.323 e. The molecule has 0 bridgehead atoms. The fraction of sp³-hybridized carbons (Fsp3) is 0.409. The number of nitrogens with zero attached hydrogens (tertiary/aromatic N) is 2. The molecule has 28 heavy (non-hydrogen) atoms. The summed E-state index contributed by atoms with van der Waals surface area (Å²) in [7, 11) is 1.58. The lowest BCUT2D eigenvalue weighted by Crippen LogP contribution is -2.46. The van der Waals surface area contributed by atoms with Crippen molar-refractivity contribution in [3.63, 3.8) is 0 Å². The largest absolute Gasteiger partial charge is 0.355 e. The molecule has 0 saturated carbocycles. The van der Waals surface area contributed by atoms with Crippen LogP contribution >= 0.6 is 0 Å². The van der Waals surface area contributed by atoms with Crippen LogP contribution in [0, 0.1) is 5.41 Å². The molecule has 1 saturated heterocycles. The number of aromatic nitrogens is 1. The van der Waals surface area contributed by atoms with Crippen molar-refractivity contribution in [3.05, 3.63) is 59.3 Å². The number of rotatable bonds is 2. The first-order chi connectivity index (χ1) is 13.6. The molecule has 0 unspecified atom stereocenters. The first kappa shape index (κ1) is 18.5. The molecule has 1 aliphatic carbocycles. The van der Waals surface area contributed by atoms with E-state index < -0.39 is 0 Å². The van der Waals surface area contributed by atoms with Crippen molar-refractivity contribution in [2.75, 3.05) is 25.5 Å². The standard InChI is InChI=1S/C22H26N4O2/c1-23-20(27)17-7-11-24-19(14-17)25-21(28)26-12-9-22(10-13-26)8-6-16-4-2-3-5-18(16)15-22/h2-5,7,11,14H,6,8-10,12-13,15H2,1H3,(H,23,27)(H,24,25,28). The molecule has 1 aliphatic heterocycles. The molecule has 1 aromatic carbocycles. The van der Waals surface area contributed by atoms with Crippen LogP contribution in [0.5, 0.6) is 0 Å². The number of urea groups is 1. The van der Waals surface area contributed by atoms with Gasteiger partial charge in [-0.2, -0.15) is 0 Å². The molecule has 4 rings (SSSR count). The van der Waals surface area contributed by atoms with Crippen LogP contribution in [0.15, 0.2) is 42.6 Å². The monoisotopic (exact) mass is 378 g/mol. The number of aryl methyl sites for hydroxylation is 1. The lowest BCUT2D eigenvalue weighted by molar-refractivity contribution is 0.0962. The van der Waals surface area contributed by atoms with Gasteiger partial charge in [-0.05, 0) is 60.8 Å². The second-order valence-corrected chi connectivity index (χ2v) is 7.87. The molecular formula is C22H26N4O2. The zero-order chi connectivity index (χ0) is 19.6. The van der Waals surface area contributed by atoms with E-state index in [1.54, 1.807) is 19.2 Å². The van der Waals surface area contributed by atoms with E-state index in [2.05, 4.69) is 39.9 Å². The molecule has 1 aromatic heterocycles. The average molecular weight is 378 g/mol. The van der Waals surface area contributed by atoms with E-state index in [1.807, 2.05) is 4.90 Å². The van der Waals surface area contributed by atoms with Gasteiger partial charge in [0.1, 0.15) is 5.82 Å². The molecule has 3 amide bonds. The van der Waals surface area contributed by atoms with Gasteiger partial charge in [-0.15, -0.1) is 0 Å². The predicted molar refractivity (Wildman–Crippen MR) is 108 cm³/mol. The van der Waals surface area contributed by atoms with Crippen LogP contribution in [-0.2, 0) is 12.8 Å². The first-order valence-electron chi connectivity index (χ1n) is 9.89. The highest BCUT2D eigenvalue weighted by Gasteiger charge is 2.38. The Morgan fingerprint density at radius 1 is 1.07 bits per heavy atom. The topological polar surface area (TPSA) is 74.3 Å². The molecule has 1 fully saturated rings. The summed E-state index contributed by atoms with van der Waals surface area (Å²) in [5.74, 6) is 0.202. The number of carbonyl (C=O) groups excluding carboxylic acids is 2. The van der Waals surface area contributed by atoms with Gasteiger partial charge in [0.15, 0.2) is 0 Å². The molecule has 0 atom stereocenters. The molecule has 2 heterocycles. The number of fused-ring (bicyclic) bond motifs is 1. The SMILES string of the molecule is CNC(=O)c1ccnc(NC(=O)N2CCC3(CCc4ccccc4C3)CC2)c1. The molecular weight excluding hydrogens is 352 g/mol. The van der Waals surface area contributed by atoms with Crippen molar-refractivity contribution in [2.24, 2.45) is 5.41 Å². The fourth-order valence-electron chi connectivity index (χ4n) is 4.45. The number of anilines is 1. The van der Waals surface area contributed by atoms with Gasteiger partial charge in [-0.3, -0.25) is 10.1 Å². The van der Waals surface area contributed by atoms with Crippen LogP contribution in [0.2, 0.25) is 0 Å². The van der Waals surface area contributed by atoms with Gasteiger partial charge in [0.2, 0.25) is 0 Å². The van der Waals surface area contributed by atoms with Crippen LogP contribution in [0.4, 0.5) is 10.6 Å². The van der Waals surface area contributed by atoms with Crippen molar-refractivity contribution >= 4 is 17.8 Å². The maximum atomic E-state index is 12.7. The third-order valence-corrected chi connectivity index (χ3v) is 6.20.